The monoisotopic (exact) mass is 351 g/mol. The molecule has 0 aromatic carbocycles. The van der Waals surface area contributed by atoms with E-state index in [2.05, 4.69) is 17.2 Å². The lowest BCUT2D eigenvalue weighted by Crippen LogP contribution is -2.42. The molecule has 1 fully saturated rings. The van der Waals surface area contributed by atoms with Gasteiger partial charge in [0.1, 0.15) is 0 Å². The van der Waals surface area contributed by atoms with Crippen molar-refractivity contribution in [2.24, 2.45) is 11.8 Å². The van der Waals surface area contributed by atoms with E-state index in [9.17, 15) is 9.59 Å². The second kappa shape index (κ2) is 7.51. The number of nitrogens with zero attached hydrogens (tertiary/aromatic N) is 2. The molecule has 1 saturated heterocycles. The maximum absolute atomic E-state index is 12.4. The van der Waals surface area contributed by atoms with E-state index in [1.165, 1.54) is 24.1 Å². The average molecular weight is 351 g/mol. The highest BCUT2D eigenvalue weighted by Gasteiger charge is 2.28. The molecular formula is C17H25N3O3S. The van der Waals surface area contributed by atoms with Crippen molar-refractivity contribution in [3.8, 4) is 0 Å². The summed E-state index contributed by atoms with van der Waals surface area (Å²) in [6.45, 7) is 3.21. The summed E-state index contributed by atoms with van der Waals surface area (Å²) in [7, 11) is 0. The van der Waals surface area contributed by atoms with Crippen LogP contribution in [0, 0.1) is 11.8 Å². The van der Waals surface area contributed by atoms with E-state index in [-0.39, 0.29) is 11.9 Å². The Morgan fingerprint density at radius 1 is 1.33 bits per heavy atom. The van der Waals surface area contributed by atoms with Crippen LogP contribution in [0.15, 0.2) is 0 Å². The van der Waals surface area contributed by atoms with E-state index in [0.717, 1.165) is 24.5 Å². The van der Waals surface area contributed by atoms with Crippen LogP contribution < -0.4 is 5.32 Å². The zero-order valence-corrected chi connectivity index (χ0v) is 14.9. The number of fused-ring (bicyclic) bond motifs is 1. The first kappa shape index (κ1) is 17.2. The smallest absolute Gasteiger partial charge is 0.323 e. The molecule has 1 atom stereocenters. The molecule has 1 unspecified atom stereocenters. The summed E-state index contributed by atoms with van der Waals surface area (Å²) < 4.78 is 0. The number of piperidine rings is 1. The van der Waals surface area contributed by atoms with Crippen molar-refractivity contribution >= 4 is 28.5 Å². The largest absolute Gasteiger partial charge is 0.481 e. The van der Waals surface area contributed by atoms with Crippen LogP contribution in [0.2, 0.25) is 0 Å². The third-order valence-electron chi connectivity index (χ3n) is 5.08. The quantitative estimate of drug-likeness (QED) is 0.871. The molecule has 0 bridgehead atoms. The molecule has 0 spiro atoms. The molecule has 2 amide bonds. The van der Waals surface area contributed by atoms with Crippen LogP contribution in [-0.4, -0.2) is 40.1 Å². The van der Waals surface area contributed by atoms with Gasteiger partial charge < -0.3 is 10.0 Å². The van der Waals surface area contributed by atoms with E-state index in [1.807, 2.05) is 0 Å². The number of rotatable bonds is 4. The van der Waals surface area contributed by atoms with Crippen LogP contribution in [0.5, 0.6) is 0 Å². The fraction of sp³-hybridized carbons (Fsp3) is 0.706. The lowest BCUT2D eigenvalue weighted by molar-refractivity contribution is -0.143. The summed E-state index contributed by atoms with van der Waals surface area (Å²) in [5.41, 5.74) is 1.15. The molecule has 2 heterocycles. The van der Waals surface area contributed by atoms with Gasteiger partial charge in [0, 0.05) is 18.0 Å². The van der Waals surface area contributed by atoms with Gasteiger partial charge in [-0.3, -0.25) is 10.1 Å². The first-order chi connectivity index (χ1) is 11.6. The first-order valence-corrected chi connectivity index (χ1v) is 9.65. The van der Waals surface area contributed by atoms with Crippen LogP contribution in [0.3, 0.4) is 0 Å². The van der Waals surface area contributed by atoms with Crippen LogP contribution in [0.4, 0.5) is 9.93 Å². The number of carboxylic acid groups (broad SMARTS) is 1. The number of thiazole rings is 1. The molecule has 132 valence electrons. The van der Waals surface area contributed by atoms with Gasteiger partial charge in [-0.05, 0) is 38.0 Å². The molecule has 7 heteroatoms. The van der Waals surface area contributed by atoms with Crippen molar-refractivity contribution in [1.82, 2.24) is 9.88 Å². The van der Waals surface area contributed by atoms with Crippen molar-refractivity contribution in [2.75, 3.05) is 18.4 Å². The maximum Gasteiger partial charge on any atom is 0.323 e. The minimum Gasteiger partial charge on any atom is -0.481 e. The average Bonchev–Trinajstić information content (AvgIpc) is 2.96. The molecule has 24 heavy (non-hydrogen) atoms. The highest BCUT2D eigenvalue weighted by Crippen LogP contribution is 2.34. The van der Waals surface area contributed by atoms with E-state index in [4.69, 9.17) is 5.11 Å². The number of carbonyl (C=O) groups excluding carboxylic acids is 1. The number of aliphatic carboxylic acids is 1. The highest BCUT2D eigenvalue weighted by atomic mass is 32.1. The van der Waals surface area contributed by atoms with Gasteiger partial charge in [0.05, 0.1) is 11.6 Å². The minimum absolute atomic E-state index is 0.157. The Balaban J connectivity index is 1.55. The standard InChI is InChI=1S/C17H25N3O3S/c1-2-3-11-4-5-13-14(10-11)24-16(18-13)19-17(23)20-8-6-12(7-9-20)15(21)22/h11-12H,2-10H2,1H3,(H,21,22)(H,18,19,23). The number of hydrogen-bond donors (Lipinski definition) is 2. The van der Waals surface area contributed by atoms with Crippen molar-refractivity contribution in [3.05, 3.63) is 10.6 Å². The fourth-order valence-electron chi connectivity index (χ4n) is 3.65. The second-order valence-corrected chi connectivity index (χ2v) is 7.90. The topological polar surface area (TPSA) is 82.5 Å². The summed E-state index contributed by atoms with van der Waals surface area (Å²) in [5, 5.41) is 12.6. The third kappa shape index (κ3) is 3.88. The predicted octanol–water partition coefficient (Wildman–Crippen LogP) is 3.38. The number of anilines is 1. The Hall–Kier alpha value is -1.63. The number of aromatic nitrogens is 1. The van der Waals surface area contributed by atoms with Gasteiger partial charge in [0.2, 0.25) is 0 Å². The van der Waals surface area contributed by atoms with E-state index >= 15 is 0 Å². The Bertz CT molecular complexity index is 608. The molecule has 1 aliphatic heterocycles. The minimum atomic E-state index is -0.760. The molecule has 1 aliphatic carbocycles. The molecule has 1 aromatic rings. The normalized spacial score (nSPS) is 21.4. The molecule has 0 radical (unpaired) electrons. The molecule has 2 aliphatic rings. The van der Waals surface area contributed by atoms with Crippen molar-refractivity contribution in [3.63, 3.8) is 0 Å². The number of urea groups is 1. The SMILES string of the molecule is CCCC1CCc2nc(NC(=O)N3CCC(C(=O)O)CC3)sc2C1. The number of aryl methyl sites for hydroxylation is 1. The number of amides is 2. The summed E-state index contributed by atoms with van der Waals surface area (Å²) in [5.74, 6) is -0.331. The van der Waals surface area contributed by atoms with Crippen molar-refractivity contribution < 1.29 is 14.7 Å². The van der Waals surface area contributed by atoms with Gasteiger partial charge >= 0.3 is 12.0 Å². The number of carboxylic acids is 1. The number of carbonyl (C=O) groups is 2. The first-order valence-electron chi connectivity index (χ1n) is 8.84. The summed E-state index contributed by atoms with van der Waals surface area (Å²) in [6, 6.07) is -0.157. The molecular weight excluding hydrogens is 326 g/mol. The van der Waals surface area contributed by atoms with Gasteiger partial charge in [-0.25, -0.2) is 9.78 Å². The molecule has 3 rings (SSSR count). The molecule has 1 aromatic heterocycles. The predicted molar refractivity (Wildman–Crippen MR) is 93.5 cm³/mol. The van der Waals surface area contributed by atoms with E-state index < -0.39 is 5.97 Å². The Morgan fingerprint density at radius 3 is 2.75 bits per heavy atom. The van der Waals surface area contributed by atoms with Gasteiger partial charge in [-0.1, -0.05) is 19.8 Å². The summed E-state index contributed by atoms with van der Waals surface area (Å²) in [6.07, 6.45) is 6.82. The lowest BCUT2D eigenvalue weighted by Gasteiger charge is -2.29. The van der Waals surface area contributed by atoms with Gasteiger partial charge in [-0.2, -0.15) is 0 Å². The maximum atomic E-state index is 12.4. The third-order valence-corrected chi connectivity index (χ3v) is 6.12. The van der Waals surface area contributed by atoms with Crippen LogP contribution in [0.25, 0.3) is 0 Å². The summed E-state index contributed by atoms with van der Waals surface area (Å²) in [4.78, 5) is 30.9. The highest BCUT2D eigenvalue weighted by molar-refractivity contribution is 7.15. The van der Waals surface area contributed by atoms with Gasteiger partial charge in [0.15, 0.2) is 5.13 Å². The van der Waals surface area contributed by atoms with E-state index in [0.29, 0.717) is 31.1 Å². The zero-order valence-electron chi connectivity index (χ0n) is 14.1. The number of nitrogens with one attached hydrogen (secondary N) is 1. The molecule has 0 saturated carbocycles. The van der Waals surface area contributed by atoms with Crippen LogP contribution >= 0.6 is 11.3 Å². The zero-order chi connectivity index (χ0) is 17.1. The Kier molecular flexibility index (Phi) is 5.38. The van der Waals surface area contributed by atoms with E-state index in [1.54, 1.807) is 16.2 Å². The van der Waals surface area contributed by atoms with Gasteiger partial charge in [0.25, 0.3) is 0 Å². The van der Waals surface area contributed by atoms with Crippen LogP contribution in [0.1, 0.15) is 49.6 Å². The Labute approximate surface area is 146 Å². The molecule has 2 N–H and O–H groups in total. The summed E-state index contributed by atoms with van der Waals surface area (Å²) >= 11 is 1.60. The molecule has 6 nitrogen and oxygen atoms in total. The van der Waals surface area contributed by atoms with Crippen LogP contribution in [-0.2, 0) is 17.6 Å². The number of likely N-dealkylation sites (tertiary alicyclic amines) is 1. The van der Waals surface area contributed by atoms with Gasteiger partial charge in [-0.15, -0.1) is 11.3 Å². The van der Waals surface area contributed by atoms with Crippen molar-refractivity contribution in [1.29, 1.82) is 0 Å². The number of hydrogen-bond acceptors (Lipinski definition) is 4. The Morgan fingerprint density at radius 2 is 2.08 bits per heavy atom. The lowest BCUT2D eigenvalue weighted by atomic mass is 9.88. The van der Waals surface area contributed by atoms with Crippen molar-refractivity contribution in [2.45, 2.75) is 51.9 Å². The fourth-order valence-corrected chi connectivity index (χ4v) is 4.76. The second-order valence-electron chi connectivity index (χ2n) is 6.82.